The van der Waals surface area contributed by atoms with Crippen LogP contribution in [0.25, 0.3) is 10.9 Å². The smallest absolute Gasteiger partial charge is 0.328 e. The van der Waals surface area contributed by atoms with Crippen molar-refractivity contribution in [3.05, 3.63) is 29.2 Å². The minimum absolute atomic E-state index is 0.000240. The number of aliphatic carboxylic acids is 1. The topological polar surface area (TPSA) is 82.8 Å². The van der Waals surface area contributed by atoms with Gasteiger partial charge >= 0.3 is 12.0 Å². The van der Waals surface area contributed by atoms with Gasteiger partial charge in [0.2, 0.25) is 0 Å². The molecule has 1 aliphatic rings. The molecule has 0 aliphatic carbocycles. The van der Waals surface area contributed by atoms with E-state index in [9.17, 15) is 19.1 Å². The number of hydrogen-bond donors (Lipinski definition) is 2. The van der Waals surface area contributed by atoms with Gasteiger partial charge in [0.05, 0.1) is 11.9 Å². The predicted molar refractivity (Wildman–Crippen MR) is 85.9 cm³/mol. The summed E-state index contributed by atoms with van der Waals surface area (Å²) in [5, 5.41) is 18.8. The van der Waals surface area contributed by atoms with Crippen LogP contribution in [0.15, 0.2) is 12.1 Å². The molecule has 0 unspecified atom stereocenters. The number of carboxylic acid groups (broad SMARTS) is 1. The van der Waals surface area contributed by atoms with E-state index in [-0.39, 0.29) is 22.5 Å². The second kappa shape index (κ2) is 6.14. The minimum atomic E-state index is -1.12. The lowest BCUT2D eigenvalue weighted by atomic mass is 10.1. The number of carbonyl (C=O) groups is 2. The molecule has 24 heavy (non-hydrogen) atoms. The number of phenolic OH excluding ortho intramolecular Hbond substituents is 1. The average Bonchev–Trinajstić information content (AvgIpc) is 2.83. The van der Waals surface area contributed by atoms with Crippen molar-refractivity contribution in [3.63, 3.8) is 0 Å². The maximum Gasteiger partial charge on any atom is 0.328 e. The van der Waals surface area contributed by atoms with Crippen molar-refractivity contribution in [2.45, 2.75) is 32.6 Å². The maximum atomic E-state index is 14.4. The molecule has 128 valence electrons. The van der Waals surface area contributed by atoms with Gasteiger partial charge in [0.25, 0.3) is 0 Å². The zero-order valence-corrected chi connectivity index (χ0v) is 13.4. The van der Waals surface area contributed by atoms with Gasteiger partial charge in [0.15, 0.2) is 11.6 Å². The number of likely N-dealkylation sites (tertiary alicyclic amines) is 1. The van der Waals surface area contributed by atoms with E-state index in [1.807, 2.05) is 0 Å². The van der Waals surface area contributed by atoms with Crippen LogP contribution in [0.3, 0.4) is 0 Å². The molecule has 1 aliphatic heterocycles. The zero-order chi connectivity index (χ0) is 17.4. The third-order valence-electron chi connectivity index (χ3n) is 4.56. The highest BCUT2D eigenvalue weighted by Gasteiger charge is 2.27. The summed E-state index contributed by atoms with van der Waals surface area (Å²) in [5.74, 6) is -2.57. The Labute approximate surface area is 138 Å². The molecule has 0 bridgehead atoms. The Morgan fingerprint density at radius 2 is 1.88 bits per heavy atom. The second-order valence-electron chi connectivity index (χ2n) is 6.09. The Morgan fingerprint density at radius 1 is 1.21 bits per heavy atom. The molecule has 1 fully saturated rings. The van der Waals surface area contributed by atoms with E-state index >= 15 is 0 Å². The SMILES string of the molecule is Cc1c(CC(=O)O)c2c(F)c(O)ccc2n1C(=O)N1CCCCC1. The number of aromatic hydroxyl groups is 1. The summed E-state index contributed by atoms with van der Waals surface area (Å²) in [4.78, 5) is 25.7. The van der Waals surface area contributed by atoms with Gasteiger partial charge in [-0.2, -0.15) is 0 Å². The number of benzene rings is 1. The number of aromatic nitrogens is 1. The van der Waals surface area contributed by atoms with E-state index in [1.165, 1.54) is 16.7 Å². The normalized spacial score (nSPS) is 15.0. The van der Waals surface area contributed by atoms with Crippen molar-refractivity contribution in [1.29, 1.82) is 0 Å². The highest BCUT2D eigenvalue weighted by atomic mass is 19.1. The standard InChI is InChI=1S/C17H19FN2O4/c1-10-11(9-14(22)23)15-12(5-6-13(21)16(15)18)20(10)17(24)19-7-3-2-4-8-19/h5-6,21H,2-4,7-9H2,1H3,(H,22,23). The van der Waals surface area contributed by atoms with Crippen molar-refractivity contribution in [1.82, 2.24) is 9.47 Å². The maximum absolute atomic E-state index is 14.4. The number of piperidine rings is 1. The molecular weight excluding hydrogens is 315 g/mol. The van der Waals surface area contributed by atoms with Gasteiger partial charge < -0.3 is 15.1 Å². The minimum Gasteiger partial charge on any atom is -0.505 e. The van der Waals surface area contributed by atoms with Crippen LogP contribution in [-0.2, 0) is 11.2 Å². The van der Waals surface area contributed by atoms with Crippen LogP contribution in [0.4, 0.5) is 9.18 Å². The molecule has 0 saturated carbocycles. The fraction of sp³-hybridized carbons (Fsp3) is 0.412. The number of amides is 1. The monoisotopic (exact) mass is 334 g/mol. The Balaban J connectivity index is 2.20. The number of nitrogens with zero attached hydrogens (tertiary/aromatic N) is 2. The zero-order valence-electron chi connectivity index (χ0n) is 13.4. The van der Waals surface area contributed by atoms with Gasteiger partial charge in [-0.25, -0.2) is 9.18 Å². The molecule has 1 saturated heterocycles. The Bertz CT molecular complexity index is 822. The third kappa shape index (κ3) is 2.60. The Morgan fingerprint density at radius 3 is 2.50 bits per heavy atom. The number of fused-ring (bicyclic) bond motifs is 1. The van der Waals surface area contributed by atoms with Crippen LogP contribution < -0.4 is 0 Å². The molecule has 0 radical (unpaired) electrons. The fourth-order valence-electron chi connectivity index (χ4n) is 3.37. The van der Waals surface area contributed by atoms with Crippen molar-refractivity contribution in [2.24, 2.45) is 0 Å². The molecule has 2 heterocycles. The summed E-state index contributed by atoms with van der Waals surface area (Å²) in [6, 6.07) is 2.36. The second-order valence-corrected chi connectivity index (χ2v) is 6.09. The van der Waals surface area contributed by atoms with Gasteiger partial charge in [-0.1, -0.05) is 0 Å². The molecule has 1 aromatic heterocycles. The summed E-state index contributed by atoms with van der Waals surface area (Å²) in [6.45, 7) is 2.87. The largest absolute Gasteiger partial charge is 0.505 e. The quantitative estimate of drug-likeness (QED) is 0.885. The van der Waals surface area contributed by atoms with E-state index in [2.05, 4.69) is 0 Å². The molecule has 7 heteroatoms. The molecule has 2 N–H and O–H groups in total. The molecule has 1 amide bonds. The molecule has 0 spiro atoms. The molecule has 1 aromatic carbocycles. The van der Waals surface area contributed by atoms with Crippen LogP contribution in [-0.4, -0.2) is 44.8 Å². The Kier molecular flexibility index (Phi) is 4.17. The molecule has 3 rings (SSSR count). The summed E-state index contributed by atoms with van der Waals surface area (Å²) in [7, 11) is 0. The number of rotatable bonds is 2. The number of hydrogen-bond acceptors (Lipinski definition) is 3. The first-order valence-electron chi connectivity index (χ1n) is 7.94. The number of carboxylic acids is 1. The summed E-state index contributed by atoms with van der Waals surface area (Å²) >= 11 is 0. The van der Waals surface area contributed by atoms with Crippen LogP contribution in [0, 0.1) is 12.7 Å². The highest BCUT2D eigenvalue weighted by molar-refractivity contribution is 5.98. The predicted octanol–water partition coefficient (Wildman–Crippen LogP) is 2.88. The van der Waals surface area contributed by atoms with E-state index in [0.29, 0.717) is 18.8 Å². The lowest BCUT2D eigenvalue weighted by molar-refractivity contribution is -0.136. The number of phenols is 1. The lowest BCUT2D eigenvalue weighted by Crippen LogP contribution is -2.38. The number of carbonyl (C=O) groups excluding carboxylic acids is 1. The molecule has 2 aromatic rings. The van der Waals surface area contributed by atoms with Gasteiger partial charge in [-0.05, 0) is 43.9 Å². The first-order chi connectivity index (χ1) is 11.4. The summed E-state index contributed by atoms with van der Waals surface area (Å²) in [6.07, 6.45) is 2.49. The first kappa shape index (κ1) is 16.3. The average molecular weight is 334 g/mol. The number of halogens is 1. The van der Waals surface area contributed by atoms with Crippen molar-refractivity contribution < 1.29 is 24.2 Å². The van der Waals surface area contributed by atoms with Gasteiger partial charge in [-0.3, -0.25) is 9.36 Å². The molecular formula is C17H19FN2O4. The summed E-state index contributed by atoms with van der Waals surface area (Å²) in [5.41, 5.74) is 0.901. The van der Waals surface area contributed by atoms with Crippen LogP contribution >= 0.6 is 0 Å². The molecule has 6 nitrogen and oxygen atoms in total. The Hall–Kier alpha value is -2.57. The summed E-state index contributed by atoms with van der Waals surface area (Å²) < 4.78 is 15.8. The lowest BCUT2D eigenvalue weighted by Gasteiger charge is -2.27. The van der Waals surface area contributed by atoms with Crippen LogP contribution in [0.1, 0.15) is 30.5 Å². The van der Waals surface area contributed by atoms with E-state index < -0.39 is 24.0 Å². The van der Waals surface area contributed by atoms with Crippen molar-refractivity contribution in [2.75, 3.05) is 13.1 Å². The van der Waals surface area contributed by atoms with Crippen LogP contribution in [0.2, 0.25) is 0 Å². The first-order valence-corrected chi connectivity index (χ1v) is 7.94. The van der Waals surface area contributed by atoms with Crippen molar-refractivity contribution in [3.8, 4) is 5.75 Å². The van der Waals surface area contributed by atoms with Gasteiger partial charge in [0, 0.05) is 24.2 Å². The van der Waals surface area contributed by atoms with Gasteiger partial charge in [-0.15, -0.1) is 0 Å². The van der Waals surface area contributed by atoms with Crippen molar-refractivity contribution >= 4 is 22.9 Å². The fourth-order valence-corrected chi connectivity index (χ4v) is 3.37. The molecule has 0 atom stereocenters. The van der Waals surface area contributed by atoms with E-state index in [4.69, 9.17) is 5.11 Å². The van der Waals surface area contributed by atoms with E-state index in [0.717, 1.165) is 19.3 Å². The third-order valence-corrected chi connectivity index (χ3v) is 4.56. The van der Waals surface area contributed by atoms with Crippen LogP contribution in [0.5, 0.6) is 5.75 Å². The highest BCUT2D eigenvalue weighted by Crippen LogP contribution is 2.33. The van der Waals surface area contributed by atoms with Gasteiger partial charge in [0.1, 0.15) is 0 Å². The van der Waals surface area contributed by atoms with E-state index in [1.54, 1.807) is 11.8 Å².